The summed E-state index contributed by atoms with van der Waals surface area (Å²) in [7, 11) is 4.34. The van der Waals surface area contributed by atoms with Gasteiger partial charge in [-0.05, 0) is 6.42 Å². The summed E-state index contributed by atoms with van der Waals surface area (Å²) in [5.41, 5.74) is 1.31. The molecular weight excluding hydrogens is 274 g/mol. The molecule has 0 fully saturated rings. The van der Waals surface area contributed by atoms with Crippen LogP contribution in [-0.4, -0.2) is 37.7 Å². The third-order valence-electron chi connectivity index (χ3n) is 3.90. The number of carbonyl (C=O) groups excluding carboxylic acids is 1. The highest BCUT2D eigenvalue weighted by molar-refractivity contribution is 5.69. The maximum atomic E-state index is 11.7. The molecule has 0 N–H and O–H groups in total. The second kappa shape index (κ2) is 10.4. The Morgan fingerprint density at radius 3 is 2.41 bits per heavy atom. The van der Waals surface area contributed by atoms with Gasteiger partial charge in [-0.1, -0.05) is 62.9 Å². The smallest absolute Gasteiger partial charge is 0.305 e. The third kappa shape index (κ3) is 8.83. The molecule has 1 aromatic rings. The fourth-order valence-electron chi connectivity index (χ4n) is 2.51. The average molecular weight is 306 g/mol. The number of likely N-dealkylation sites (N-methyl/N-ethyl adjacent to an activating group) is 1. The van der Waals surface area contributed by atoms with Gasteiger partial charge in [0.05, 0.1) is 14.1 Å². The van der Waals surface area contributed by atoms with Crippen LogP contribution in [0.25, 0.3) is 0 Å². The first-order valence-electron chi connectivity index (χ1n) is 8.55. The molecule has 1 aromatic carbocycles. The molecule has 0 saturated heterocycles. The molecule has 0 spiro atoms. The molecule has 0 unspecified atom stereocenters. The van der Waals surface area contributed by atoms with Crippen molar-refractivity contribution in [1.29, 1.82) is 0 Å². The van der Waals surface area contributed by atoms with E-state index in [1.54, 1.807) is 0 Å². The topological polar surface area (TPSA) is 26.3 Å². The van der Waals surface area contributed by atoms with Crippen LogP contribution in [0.1, 0.15) is 51.0 Å². The number of nitrogens with zero attached hydrogens (tertiary/aromatic N) is 1. The van der Waals surface area contributed by atoms with Crippen LogP contribution < -0.4 is 0 Å². The van der Waals surface area contributed by atoms with Crippen LogP contribution in [0.5, 0.6) is 0 Å². The number of hydrogen-bond acceptors (Lipinski definition) is 2. The number of hydrogen-bond donors (Lipinski definition) is 0. The average Bonchev–Trinajstić information content (AvgIpc) is 2.47. The molecule has 0 aromatic heterocycles. The van der Waals surface area contributed by atoms with E-state index in [-0.39, 0.29) is 5.97 Å². The van der Waals surface area contributed by atoms with Gasteiger partial charge in [0.25, 0.3) is 0 Å². The van der Waals surface area contributed by atoms with Crippen molar-refractivity contribution in [1.82, 2.24) is 0 Å². The first-order chi connectivity index (χ1) is 10.5. The van der Waals surface area contributed by atoms with Gasteiger partial charge in [-0.3, -0.25) is 4.79 Å². The van der Waals surface area contributed by atoms with Crippen molar-refractivity contribution < 1.29 is 14.0 Å². The Kier molecular flexibility index (Phi) is 8.83. The zero-order valence-electron chi connectivity index (χ0n) is 14.5. The van der Waals surface area contributed by atoms with E-state index < -0.39 is 0 Å². The SMILES string of the molecule is CCCCCCCC(=O)OCC[N+](C)(C)Cc1ccccc1. The van der Waals surface area contributed by atoms with Gasteiger partial charge in [0.2, 0.25) is 0 Å². The van der Waals surface area contributed by atoms with Gasteiger partial charge in [0, 0.05) is 12.0 Å². The van der Waals surface area contributed by atoms with Crippen LogP contribution in [0.15, 0.2) is 30.3 Å². The molecule has 22 heavy (non-hydrogen) atoms. The lowest BCUT2D eigenvalue weighted by Gasteiger charge is -2.29. The molecule has 124 valence electrons. The van der Waals surface area contributed by atoms with Crippen LogP contribution in [-0.2, 0) is 16.1 Å². The number of benzene rings is 1. The molecule has 3 nitrogen and oxygen atoms in total. The third-order valence-corrected chi connectivity index (χ3v) is 3.90. The monoisotopic (exact) mass is 306 g/mol. The minimum atomic E-state index is -0.0452. The van der Waals surface area contributed by atoms with Crippen molar-refractivity contribution in [3.8, 4) is 0 Å². The molecule has 0 aliphatic carbocycles. The molecular formula is C19H32NO2+. The first kappa shape index (κ1) is 18.7. The number of ether oxygens (including phenoxy) is 1. The van der Waals surface area contributed by atoms with Crippen molar-refractivity contribution in [2.45, 2.75) is 52.0 Å². The summed E-state index contributed by atoms with van der Waals surface area (Å²) in [5.74, 6) is -0.0452. The number of quaternary nitrogens is 1. The summed E-state index contributed by atoms with van der Waals surface area (Å²) < 4.78 is 6.19. The van der Waals surface area contributed by atoms with Gasteiger partial charge in [0.1, 0.15) is 19.7 Å². The normalized spacial score (nSPS) is 11.4. The number of unbranched alkanes of at least 4 members (excludes halogenated alkanes) is 4. The Morgan fingerprint density at radius 2 is 1.73 bits per heavy atom. The molecule has 0 bridgehead atoms. The van der Waals surface area contributed by atoms with Crippen molar-refractivity contribution in [2.75, 3.05) is 27.2 Å². The summed E-state index contributed by atoms with van der Waals surface area (Å²) >= 11 is 0. The summed E-state index contributed by atoms with van der Waals surface area (Å²) in [6.45, 7) is 4.50. The van der Waals surface area contributed by atoms with Crippen LogP contribution in [0.2, 0.25) is 0 Å². The van der Waals surface area contributed by atoms with Crippen molar-refractivity contribution in [2.24, 2.45) is 0 Å². The molecule has 0 saturated carbocycles. The molecule has 1 rings (SSSR count). The fraction of sp³-hybridized carbons (Fsp3) is 0.632. The predicted octanol–water partition coefficient (Wildman–Crippen LogP) is 4.17. The molecule has 0 amide bonds. The first-order valence-corrected chi connectivity index (χ1v) is 8.55. The number of carbonyl (C=O) groups is 1. The highest BCUT2D eigenvalue weighted by Gasteiger charge is 2.16. The summed E-state index contributed by atoms with van der Waals surface area (Å²) in [6, 6.07) is 10.4. The summed E-state index contributed by atoms with van der Waals surface area (Å²) in [4.78, 5) is 11.7. The lowest BCUT2D eigenvalue weighted by molar-refractivity contribution is -0.903. The maximum absolute atomic E-state index is 11.7. The van der Waals surface area contributed by atoms with E-state index in [4.69, 9.17) is 4.74 Å². The van der Waals surface area contributed by atoms with Gasteiger partial charge in [0.15, 0.2) is 0 Å². The van der Waals surface area contributed by atoms with E-state index in [0.717, 1.165) is 30.4 Å². The van der Waals surface area contributed by atoms with E-state index in [0.29, 0.717) is 13.0 Å². The van der Waals surface area contributed by atoms with Gasteiger partial charge in [-0.25, -0.2) is 0 Å². The lowest BCUT2D eigenvalue weighted by atomic mass is 10.1. The largest absolute Gasteiger partial charge is 0.460 e. The van der Waals surface area contributed by atoms with Crippen LogP contribution in [0, 0.1) is 0 Å². The predicted molar refractivity (Wildman–Crippen MR) is 91.5 cm³/mol. The molecule has 3 heteroatoms. The quantitative estimate of drug-likeness (QED) is 0.348. The van der Waals surface area contributed by atoms with Crippen molar-refractivity contribution >= 4 is 5.97 Å². The van der Waals surface area contributed by atoms with Crippen LogP contribution in [0.4, 0.5) is 0 Å². The van der Waals surface area contributed by atoms with Crippen molar-refractivity contribution in [3.63, 3.8) is 0 Å². The zero-order valence-corrected chi connectivity index (χ0v) is 14.5. The standard InChI is InChI=1S/C19H32NO2/c1-4-5-6-7-11-14-19(21)22-16-15-20(2,3)17-18-12-9-8-10-13-18/h8-10,12-13H,4-7,11,14-17H2,1-3H3/q+1. The maximum Gasteiger partial charge on any atom is 0.305 e. The lowest BCUT2D eigenvalue weighted by Crippen LogP contribution is -2.41. The van der Waals surface area contributed by atoms with Crippen LogP contribution >= 0.6 is 0 Å². The molecule has 0 atom stereocenters. The van der Waals surface area contributed by atoms with E-state index in [2.05, 4.69) is 45.3 Å². The van der Waals surface area contributed by atoms with E-state index >= 15 is 0 Å². The molecule has 0 aliphatic heterocycles. The van der Waals surface area contributed by atoms with Crippen LogP contribution in [0.3, 0.4) is 0 Å². The van der Waals surface area contributed by atoms with Gasteiger partial charge < -0.3 is 9.22 Å². The minimum absolute atomic E-state index is 0.0452. The highest BCUT2D eigenvalue weighted by Crippen LogP contribution is 2.09. The molecule has 0 aliphatic rings. The Hall–Kier alpha value is -1.35. The van der Waals surface area contributed by atoms with Gasteiger partial charge in [-0.2, -0.15) is 0 Å². The zero-order chi connectivity index (χ0) is 16.3. The van der Waals surface area contributed by atoms with Crippen molar-refractivity contribution in [3.05, 3.63) is 35.9 Å². The van der Waals surface area contributed by atoms with E-state index in [9.17, 15) is 4.79 Å². The Labute approximate surface area is 135 Å². The minimum Gasteiger partial charge on any atom is -0.460 e. The number of rotatable bonds is 11. The fourth-order valence-corrected chi connectivity index (χ4v) is 2.51. The van der Waals surface area contributed by atoms with E-state index in [1.165, 1.54) is 24.8 Å². The van der Waals surface area contributed by atoms with E-state index in [1.807, 2.05) is 6.07 Å². The van der Waals surface area contributed by atoms with Gasteiger partial charge in [-0.15, -0.1) is 0 Å². The number of esters is 1. The Morgan fingerprint density at radius 1 is 1.05 bits per heavy atom. The molecule has 0 heterocycles. The second-order valence-corrected chi connectivity index (χ2v) is 6.69. The summed E-state index contributed by atoms with van der Waals surface area (Å²) in [5, 5.41) is 0. The molecule has 0 radical (unpaired) electrons. The second-order valence-electron chi connectivity index (χ2n) is 6.69. The highest BCUT2D eigenvalue weighted by atomic mass is 16.5. The summed E-state index contributed by atoms with van der Waals surface area (Å²) in [6.07, 6.45) is 6.39. The Balaban J connectivity index is 2.15. The Bertz CT molecular complexity index is 415. The van der Waals surface area contributed by atoms with Gasteiger partial charge >= 0.3 is 5.97 Å².